The van der Waals surface area contributed by atoms with Crippen molar-refractivity contribution < 1.29 is 35.9 Å². The second-order valence-electron chi connectivity index (χ2n) is 14.2. The molecule has 0 aliphatic carbocycles. The Bertz CT molecular complexity index is 2860. The van der Waals surface area contributed by atoms with E-state index in [1.807, 2.05) is 74.5 Å². The number of benzene rings is 6. The van der Waals surface area contributed by atoms with Gasteiger partial charge in [0.2, 0.25) is 20.0 Å². The third kappa shape index (κ3) is 8.53. The molecule has 6 aromatic carbocycles. The summed E-state index contributed by atoms with van der Waals surface area (Å²) < 4.78 is 62.4. The molecule has 2 N–H and O–H groups in total. The number of aryl methyl sites for hydroxylation is 2. The Morgan fingerprint density at radius 1 is 0.621 bits per heavy atom. The third-order valence-electron chi connectivity index (χ3n) is 9.58. The summed E-state index contributed by atoms with van der Waals surface area (Å²) in [5, 5.41) is 2.88. The molecule has 0 fully saturated rings. The van der Waals surface area contributed by atoms with Crippen LogP contribution >= 0.6 is 0 Å². The zero-order valence-corrected chi connectivity index (χ0v) is 34.2. The summed E-state index contributed by atoms with van der Waals surface area (Å²) in [6.45, 7) is 3.91. The predicted molar refractivity (Wildman–Crippen MR) is 229 cm³/mol. The Morgan fingerprint density at radius 2 is 1.17 bits per heavy atom. The highest BCUT2D eigenvalue weighted by Crippen LogP contribution is 2.41. The van der Waals surface area contributed by atoms with Crippen LogP contribution in [0, 0.1) is 13.8 Å². The number of hydrogen-bond donors (Lipinski definition) is 2. The van der Waals surface area contributed by atoms with Crippen LogP contribution in [0.5, 0.6) is 23.0 Å². The van der Waals surface area contributed by atoms with Crippen LogP contribution in [0.1, 0.15) is 31.8 Å². The summed E-state index contributed by atoms with van der Waals surface area (Å²) in [6, 6.07) is 36.3. The summed E-state index contributed by atoms with van der Waals surface area (Å²) in [4.78, 5) is 27.5. The number of sulfonamides is 2. The molecule has 6 aromatic rings. The molecule has 0 unspecified atom stereocenters. The van der Waals surface area contributed by atoms with E-state index in [0.717, 1.165) is 51.6 Å². The molecule has 296 valence electrons. The van der Waals surface area contributed by atoms with Crippen LogP contribution in [0.2, 0.25) is 0 Å². The van der Waals surface area contributed by atoms with E-state index in [0.29, 0.717) is 51.2 Å². The average molecular weight is 817 g/mol. The average Bonchev–Trinajstić information content (AvgIpc) is 3.38. The maximum Gasteiger partial charge on any atom is 0.261 e. The Hall–Kier alpha value is -6.64. The fourth-order valence-electron chi connectivity index (χ4n) is 6.51. The number of amides is 2. The summed E-state index contributed by atoms with van der Waals surface area (Å²) in [6.07, 6.45) is 2.26. The smallest absolute Gasteiger partial charge is 0.261 e. The molecule has 14 heteroatoms. The normalized spacial score (nSPS) is 13.0. The standard InChI is InChI=1S/C23H22N2O4S.C21H18N2O4S/c1-15-8-10-22-20(12-15)24(2)23(26)19-14-17(9-11-21(19)29-22)16-6-5-7-18(13-16)25(3)30(4,27)28;1-13-6-8-20-18(10-13)22-21(24)17-12-15(7-9-19(17)27-20)14-4-3-5-16(11-14)23-28(2,25)26/h5-14H,1-4H3;3-12,23H,1-2H3,(H,22,24). The second kappa shape index (κ2) is 15.4. The van der Waals surface area contributed by atoms with Gasteiger partial charge in [0, 0.05) is 19.8 Å². The van der Waals surface area contributed by atoms with Crippen molar-refractivity contribution in [1.29, 1.82) is 0 Å². The van der Waals surface area contributed by atoms with Crippen molar-refractivity contribution in [2.24, 2.45) is 0 Å². The number of fused-ring (bicyclic) bond motifs is 4. The first-order chi connectivity index (χ1) is 27.4. The van der Waals surface area contributed by atoms with E-state index in [1.165, 1.54) is 11.4 Å². The van der Waals surface area contributed by atoms with E-state index in [9.17, 15) is 26.4 Å². The molecule has 0 bridgehead atoms. The van der Waals surface area contributed by atoms with Gasteiger partial charge in [0.1, 0.15) is 11.5 Å². The van der Waals surface area contributed by atoms with Crippen molar-refractivity contribution in [3.05, 3.63) is 144 Å². The molecule has 12 nitrogen and oxygen atoms in total. The lowest BCUT2D eigenvalue weighted by Gasteiger charge is -2.18. The number of carbonyl (C=O) groups excluding carboxylic acids is 2. The number of carbonyl (C=O) groups is 2. The lowest BCUT2D eigenvalue weighted by Crippen LogP contribution is -2.25. The van der Waals surface area contributed by atoms with Gasteiger partial charge in [0.15, 0.2) is 11.5 Å². The summed E-state index contributed by atoms with van der Waals surface area (Å²) in [5.74, 6) is 1.74. The van der Waals surface area contributed by atoms with E-state index in [2.05, 4.69) is 10.0 Å². The van der Waals surface area contributed by atoms with Gasteiger partial charge >= 0.3 is 0 Å². The number of nitrogens with one attached hydrogen (secondary N) is 2. The molecule has 0 radical (unpaired) electrons. The van der Waals surface area contributed by atoms with Crippen molar-refractivity contribution in [2.75, 3.05) is 45.9 Å². The quantitative estimate of drug-likeness (QED) is 0.169. The van der Waals surface area contributed by atoms with E-state index >= 15 is 0 Å². The Morgan fingerprint density at radius 3 is 1.84 bits per heavy atom. The van der Waals surface area contributed by atoms with Crippen molar-refractivity contribution in [1.82, 2.24) is 0 Å². The lowest BCUT2D eigenvalue weighted by molar-refractivity contribution is 0.0991. The number of ether oxygens (including phenoxy) is 2. The second-order valence-corrected chi connectivity index (χ2v) is 17.9. The Labute approximate surface area is 337 Å². The van der Waals surface area contributed by atoms with Gasteiger partial charge in [-0.2, -0.15) is 0 Å². The molecule has 0 aromatic heterocycles. The van der Waals surface area contributed by atoms with Gasteiger partial charge in [-0.15, -0.1) is 0 Å². The van der Waals surface area contributed by atoms with Crippen LogP contribution in [0.25, 0.3) is 22.3 Å². The highest BCUT2D eigenvalue weighted by Gasteiger charge is 2.27. The Kier molecular flexibility index (Phi) is 10.5. The lowest BCUT2D eigenvalue weighted by atomic mass is 10.0. The fraction of sp³-hybridized carbons (Fsp3) is 0.136. The van der Waals surface area contributed by atoms with Crippen LogP contribution in [0.15, 0.2) is 121 Å². The number of hydrogen-bond acceptors (Lipinski definition) is 8. The summed E-state index contributed by atoms with van der Waals surface area (Å²) in [7, 11) is -3.50. The summed E-state index contributed by atoms with van der Waals surface area (Å²) >= 11 is 0. The van der Waals surface area contributed by atoms with Gasteiger partial charge in [0.05, 0.1) is 40.7 Å². The van der Waals surface area contributed by atoms with Crippen LogP contribution in [-0.2, 0) is 20.0 Å². The van der Waals surface area contributed by atoms with E-state index in [-0.39, 0.29) is 11.8 Å². The van der Waals surface area contributed by atoms with Crippen LogP contribution in [0.3, 0.4) is 0 Å². The predicted octanol–water partition coefficient (Wildman–Crippen LogP) is 8.83. The third-order valence-corrected chi connectivity index (χ3v) is 11.4. The van der Waals surface area contributed by atoms with Crippen LogP contribution in [-0.4, -0.2) is 55.3 Å². The van der Waals surface area contributed by atoms with Crippen molar-refractivity contribution >= 4 is 54.6 Å². The topological polar surface area (TPSA) is 151 Å². The van der Waals surface area contributed by atoms with Crippen molar-refractivity contribution in [3.63, 3.8) is 0 Å². The molecule has 0 saturated heterocycles. The highest BCUT2D eigenvalue weighted by atomic mass is 32.2. The van der Waals surface area contributed by atoms with Crippen molar-refractivity contribution in [2.45, 2.75) is 13.8 Å². The molecule has 0 saturated carbocycles. The van der Waals surface area contributed by atoms with E-state index in [4.69, 9.17) is 9.47 Å². The summed E-state index contributed by atoms with van der Waals surface area (Å²) in [5.41, 5.74) is 8.42. The molecule has 0 atom stereocenters. The minimum absolute atomic E-state index is 0.166. The molecule has 2 aliphatic rings. The van der Waals surface area contributed by atoms with Gasteiger partial charge < -0.3 is 19.7 Å². The zero-order chi connectivity index (χ0) is 41.5. The minimum Gasteiger partial charge on any atom is -0.454 e. The maximum atomic E-state index is 13.2. The molecular weight excluding hydrogens is 777 g/mol. The number of anilines is 4. The Balaban J connectivity index is 0.000000177. The molecule has 8 rings (SSSR count). The zero-order valence-electron chi connectivity index (χ0n) is 32.5. The van der Waals surface area contributed by atoms with Crippen LogP contribution < -0.4 is 28.7 Å². The maximum absolute atomic E-state index is 13.2. The van der Waals surface area contributed by atoms with Gasteiger partial charge in [-0.25, -0.2) is 16.8 Å². The van der Waals surface area contributed by atoms with Gasteiger partial charge in [0.25, 0.3) is 11.8 Å². The van der Waals surface area contributed by atoms with Crippen LogP contribution in [0.4, 0.5) is 22.7 Å². The fourth-order valence-corrected chi connectivity index (χ4v) is 7.57. The number of nitrogens with zero attached hydrogens (tertiary/aromatic N) is 2. The largest absolute Gasteiger partial charge is 0.454 e. The minimum atomic E-state index is -3.37. The molecule has 2 amide bonds. The SMILES string of the molecule is Cc1ccc2c(c1)N(C)C(=O)c1cc(-c3cccc(N(C)S(C)(=O)=O)c3)ccc1O2.Cc1ccc2c(c1)NC(=O)c1cc(-c3cccc(NS(C)(=O)=O)c3)ccc1O2. The molecule has 58 heavy (non-hydrogen) atoms. The molecule has 2 heterocycles. The first-order valence-corrected chi connectivity index (χ1v) is 21.7. The van der Waals surface area contributed by atoms with Gasteiger partial charge in [-0.05, 0) is 120 Å². The van der Waals surface area contributed by atoms with E-state index in [1.54, 1.807) is 72.6 Å². The number of rotatable bonds is 6. The molecule has 0 spiro atoms. The van der Waals surface area contributed by atoms with Gasteiger partial charge in [-0.1, -0.05) is 48.5 Å². The van der Waals surface area contributed by atoms with Gasteiger partial charge in [-0.3, -0.25) is 18.6 Å². The highest BCUT2D eigenvalue weighted by molar-refractivity contribution is 7.92. The monoisotopic (exact) mass is 816 g/mol. The van der Waals surface area contributed by atoms with Crippen molar-refractivity contribution in [3.8, 4) is 45.3 Å². The first-order valence-electron chi connectivity index (χ1n) is 18.0. The first kappa shape index (κ1) is 39.6. The molecular formula is C44H40N4O8S2. The molecule has 2 aliphatic heterocycles. The van der Waals surface area contributed by atoms with E-state index < -0.39 is 20.0 Å².